The maximum Gasteiger partial charge on any atom is 0.372 e. The molecule has 1 aliphatic heterocycles. The number of carbonyl (C=O) groups is 3. The van der Waals surface area contributed by atoms with Crippen molar-refractivity contribution < 1.29 is 19.2 Å². The fraction of sp³-hybridized carbons (Fsp3) is 0.0625. The van der Waals surface area contributed by atoms with Crippen molar-refractivity contribution in [2.45, 2.75) is 6.42 Å². The predicted octanol–water partition coefficient (Wildman–Crippen LogP) is 2.37. The summed E-state index contributed by atoms with van der Waals surface area (Å²) >= 11 is 0. The molecule has 0 aliphatic carbocycles. The molecule has 4 amide bonds. The molecule has 0 radical (unpaired) electrons. The number of barbiturate groups is 1. The van der Waals surface area contributed by atoms with Gasteiger partial charge >= 0.3 is 6.03 Å². The third-order valence-corrected chi connectivity index (χ3v) is 3.10. The van der Waals surface area contributed by atoms with E-state index in [-0.39, 0.29) is 0 Å². The maximum absolute atomic E-state index is 12.4. The smallest absolute Gasteiger partial charge is 0.368 e. The standard InChI is InChI=1S/C16H12N2O4/c19-14-11-15(20)18(22-13-9-5-2-6-10-13)16(21)17(14)12-7-3-1-4-8-12/h1-10H,11H2. The lowest BCUT2D eigenvalue weighted by Crippen LogP contribution is -2.56. The molecule has 0 aromatic heterocycles. The molecule has 1 fully saturated rings. The van der Waals surface area contributed by atoms with E-state index in [1.807, 2.05) is 0 Å². The van der Waals surface area contributed by atoms with Crippen LogP contribution < -0.4 is 9.74 Å². The van der Waals surface area contributed by atoms with Crippen LogP contribution in [-0.4, -0.2) is 22.9 Å². The zero-order valence-electron chi connectivity index (χ0n) is 11.5. The number of rotatable bonds is 3. The number of nitrogens with zero attached hydrogens (tertiary/aromatic N) is 2. The maximum atomic E-state index is 12.4. The summed E-state index contributed by atoms with van der Waals surface area (Å²) in [6.45, 7) is 0. The highest BCUT2D eigenvalue weighted by atomic mass is 16.7. The van der Waals surface area contributed by atoms with Crippen molar-refractivity contribution in [1.82, 2.24) is 5.06 Å². The van der Waals surface area contributed by atoms with Crippen molar-refractivity contribution in [2.24, 2.45) is 0 Å². The van der Waals surface area contributed by atoms with Crippen molar-refractivity contribution in [3.05, 3.63) is 60.7 Å². The second kappa shape index (κ2) is 5.69. The molecule has 0 saturated carbocycles. The minimum absolute atomic E-state index is 0.339. The molecule has 6 nitrogen and oxygen atoms in total. The van der Waals surface area contributed by atoms with Gasteiger partial charge in [-0.1, -0.05) is 41.5 Å². The summed E-state index contributed by atoms with van der Waals surface area (Å²) in [5.74, 6) is -0.924. The van der Waals surface area contributed by atoms with Crippen molar-refractivity contribution >= 4 is 23.5 Å². The van der Waals surface area contributed by atoms with Gasteiger partial charge in [0.15, 0.2) is 5.75 Å². The quantitative estimate of drug-likeness (QED) is 0.815. The lowest BCUT2D eigenvalue weighted by Gasteiger charge is -2.31. The van der Waals surface area contributed by atoms with E-state index >= 15 is 0 Å². The van der Waals surface area contributed by atoms with Crippen LogP contribution in [0.3, 0.4) is 0 Å². The van der Waals surface area contributed by atoms with Crippen LogP contribution in [0.2, 0.25) is 0 Å². The Morgan fingerprint density at radius 3 is 2.00 bits per heavy atom. The van der Waals surface area contributed by atoms with Crippen LogP contribution in [0.4, 0.5) is 10.5 Å². The Labute approximate surface area is 126 Å². The Balaban J connectivity index is 1.89. The highest BCUT2D eigenvalue weighted by Crippen LogP contribution is 2.23. The Morgan fingerprint density at radius 1 is 0.773 bits per heavy atom. The average Bonchev–Trinajstić information content (AvgIpc) is 2.53. The van der Waals surface area contributed by atoms with Gasteiger partial charge in [0, 0.05) is 0 Å². The van der Waals surface area contributed by atoms with Crippen LogP contribution in [0.15, 0.2) is 60.7 Å². The van der Waals surface area contributed by atoms with Crippen LogP contribution in [0.1, 0.15) is 6.42 Å². The van der Waals surface area contributed by atoms with E-state index in [0.717, 1.165) is 4.90 Å². The van der Waals surface area contributed by atoms with Crippen molar-refractivity contribution in [1.29, 1.82) is 0 Å². The van der Waals surface area contributed by atoms with Gasteiger partial charge in [-0.2, -0.15) is 0 Å². The first-order chi connectivity index (χ1) is 10.7. The Bertz CT molecular complexity index is 715. The van der Waals surface area contributed by atoms with Crippen LogP contribution in [0, 0.1) is 0 Å². The molecule has 0 spiro atoms. The van der Waals surface area contributed by atoms with Crippen LogP contribution in [0.5, 0.6) is 5.75 Å². The number of urea groups is 1. The summed E-state index contributed by atoms with van der Waals surface area (Å²) in [5, 5.41) is 0.615. The Hall–Kier alpha value is -3.15. The first-order valence-corrected chi connectivity index (χ1v) is 6.65. The SMILES string of the molecule is O=C1CC(=O)N(c2ccccc2)C(=O)N1Oc1ccccc1. The number of hydroxylamine groups is 2. The number of carbonyl (C=O) groups excluding carboxylic acids is 3. The molecule has 3 rings (SSSR count). The number of para-hydroxylation sites is 2. The summed E-state index contributed by atoms with van der Waals surface area (Å²) in [4.78, 5) is 42.6. The molecule has 2 aromatic rings. The Kier molecular flexibility index (Phi) is 3.57. The van der Waals surface area contributed by atoms with E-state index in [1.54, 1.807) is 60.7 Å². The molecular weight excluding hydrogens is 284 g/mol. The highest BCUT2D eigenvalue weighted by molar-refractivity contribution is 6.25. The predicted molar refractivity (Wildman–Crippen MR) is 77.9 cm³/mol. The molecular formula is C16H12N2O4. The van der Waals surface area contributed by atoms with E-state index in [1.165, 1.54) is 0 Å². The Morgan fingerprint density at radius 2 is 1.36 bits per heavy atom. The van der Waals surface area contributed by atoms with Gasteiger partial charge in [0.25, 0.3) is 5.91 Å². The molecule has 110 valence electrons. The summed E-state index contributed by atoms with van der Waals surface area (Å²) < 4.78 is 0. The highest BCUT2D eigenvalue weighted by Gasteiger charge is 2.40. The van der Waals surface area contributed by atoms with Gasteiger partial charge in [-0.15, -0.1) is 0 Å². The van der Waals surface area contributed by atoms with E-state index in [0.29, 0.717) is 16.5 Å². The number of hydrogen-bond acceptors (Lipinski definition) is 4. The first-order valence-electron chi connectivity index (χ1n) is 6.65. The minimum atomic E-state index is -0.823. The fourth-order valence-corrected chi connectivity index (χ4v) is 2.09. The van der Waals surface area contributed by atoms with Crippen molar-refractivity contribution in [2.75, 3.05) is 4.90 Å². The van der Waals surface area contributed by atoms with Gasteiger partial charge < -0.3 is 4.84 Å². The van der Waals surface area contributed by atoms with Gasteiger partial charge in [-0.25, -0.2) is 9.69 Å². The zero-order valence-corrected chi connectivity index (χ0v) is 11.5. The fourth-order valence-electron chi connectivity index (χ4n) is 2.09. The topological polar surface area (TPSA) is 66.9 Å². The molecule has 1 aliphatic rings. The number of hydrogen-bond donors (Lipinski definition) is 0. The van der Waals surface area contributed by atoms with Gasteiger partial charge in [0.05, 0.1) is 5.69 Å². The van der Waals surface area contributed by atoms with Crippen LogP contribution in [-0.2, 0) is 9.59 Å². The molecule has 0 unspecified atom stereocenters. The van der Waals surface area contributed by atoms with E-state index in [9.17, 15) is 14.4 Å². The third kappa shape index (κ3) is 2.54. The lowest BCUT2D eigenvalue weighted by atomic mass is 10.2. The van der Waals surface area contributed by atoms with E-state index in [2.05, 4.69) is 0 Å². The molecule has 6 heteroatoms. The lowest BCUT2D eigenvalue weighted by molar-refractivity contribution is -0.151. The van der Waals surface area contributed by atoms with Gasteiger partial charge in [0.2, 0.25) is 5.91 Å². The zero-order chi connectivity index (χ0) is 15.5. The van der Waals surface area contributed by atoms with Crippen LogP contribution >= 0.6 is 0 Å². The number of imide groups is 2. The minimum Gasteiger partial charge on any atom is -0.368 e. The summed E-state index contributed by atoms with van der Waals surface area (Å²) in [6.07, 6.45) is -0.423. The van der Waals surface area contributed by atoms with Crippen LogP contribution in [0.25, 0.3) is 0 Å². The molecule has 2 aromatic carbocycles. The van der Waals surface area contributed by atoms with Gasteiger partial charge in [-0.3, -0.25) is 9.59 Å². The normalized spacial score (nSPS) is 15.2. The third-order valence-electron chi connectivity index (χ3n) is 3.10. The molecule has 0 N–H and O–H groups in total. The monoisotopic (exact) mass is 296 g/mol. The summed E-state index contributed by atoms with van der Waals surface area (Å²) in [7, 11) is 0. The van der Waals surface area contributed by atoms with Gasteiger partial charge in [-0.05, 0) is 24.3 Å². The molecule has 0 atom stereocenters. The first kappa shape index (κ1) is 13.8. The van der Waals surface area contributed by atoms with Gasteiger partial charge in [0.1, 0.15) is 6.42 Å². The average molecular weight is 296 g/mol. The number of anilines is 1. The summed E-state index contributed by atoms with van der Waals surface area (Å²) in [5.41, 5.74) is 0.395. The second-order valence-electron chi connectivity index (χ2n) is 4.62. The molecule has 0 bridgehead atoms. The molecule has 22 heavy (non-hydrogen) atoms. The molecule has 1 saturated heterocycles. The van der Waals surface area contributed by atoms with Crippen molar-refractivity contribution in [3.8, 4) is 5.75 Å². The van der Waals surface area contributed by atoms with E-state index in [4.69, 9.17) is 4.84 Å². The number of benzene rings is 2. The molecule has 1 heterocycles. The number of amides is 4. The van der Waals surface area contributed by atoms with Crippen molar-refractivity contribution in [3.63, 3.8) is 0 Å². The second-order valence-corrected chi connectivity index (χ2v) is 4.62. The largest absolute Gasteiger partial charge is 0.372 e. The van der Waals surface area contributed by atoms with E-state index < -0.39 is 24.3 Å². The summed E-state index contributed by atoms with van der Waals surface area (Å²) in [6, 6.07) is 16.0.